The standard InChI is InChI=1S/C12H16OS.CH3FO3S/c1-9-7-11(8-10(2)12(9)13)14-5-3-4-6-14;2-1-6(3,4)5/h7-8H,3-6H2,1-2H3;1H2,(H,3,4,5). The van der Waals surface area contributed by atoms with Gasteiger partial charge in [-0.2, -0.15) is 0 Å². The second-order valence-electron chi connectivity index (χ2n) is 4.68. The molecule has 1 aromatic rings. The van der Waals surface area contributed by atoms with Gasteiger partial charge in [-0.1, -0.05) is 0 Å². The Morgan fingerprint density at radius 2 is 1.65 bits per heavy atom. The van der Waals surface area contributed by atoms with Gasteiger partial charge in [-0.3, -0.25) is 0 Å². The molecular formula is C13H19FO4S2. The number of aromatic hydroxyl groups is 1. The van der Waals surface area contributed by atoms with E-state index in [1.54, 1.807) is 0 Å². The Labute approximate surface area is 122 Å². The van der Waals surface area contributed by atoms with E-state index in [-0.39, 0.29) is 0 Å². The highest BCUT2D eigenvalue weighted by Gasteiger charge is 2.27. The normalized spacial score (nSPS) is 15.8. The zero-order chi connectivity index (χ0) is 15.3. The number of hydrogen-bond donors (Lipinski definition) is 1. The Morgan fingerprint density at radius 3 is 2.00 bits per heavy atom. The molecule has 2 rings (SSSR count). The molecule has 0 amide bonds. The molecule has 114 valence electrons. The van der Waals surface area contributed by atoms with Crippen molar-refractivity contribution in [2.24, 2.45) is 0 Å². The molecule has 1 N–H and O–H groups in total. The highest BCUT2D eigenvalue weighted by atomic mass is 32.2. The molecule has 1 aromatic carbocycles. The molecule has 0 atom stereocenters. The molecule has 20 heavy (non-hydrogen) atoms. The molecule has 0 unspecified atom stereocenters. The molecule has 0 radical (unpaired) electrons. The van der Waals surface area contributed by atoms with Crippen molar-refractivity contribution in [1.29, 1.82) is 0 Å². The van der Waals surface area contributed by atoms with Crippen molar-refractivity contribution in [3.63, 3.8) is 0 Å². The van der Waals surface area contributed by atoms with Gasteiger partial charge in [0.25, 0.3) is 0 Å². The summed E-state index contributed by atoms with van der Waals surface area (Å²) in [7, 11) is -4.11. The number of aryl methyl sites for hydroxylation is 2. The number of hydrogen-bond acceptors (Lipinski definition) is 4. The summed E-state index contributed by atoms with van der Waals surface area (Å²) in [5.74, 6) is 3.17. The summed E-state index contributed by atoms with van der Waals surface area (Å²) < 4.78 is 37.8. The second kappa shape index (κ2) is 7.28. The predicted octanol–water partition coefficient (Wildman–Crippen LogP) is 2.24. The third-order valence-electron chi connectivity index (χ3n) is 2.96. The number of benzene rings is 1. The number of phenols is 1. The minimum atomic E-state index is -4.58. The van der Waals surface area contributed by atoms with E-state index in [1.165, 1.54) is 29.2 Å². The van der Waals surface area contributed by atoms with Crippen molar-refractivity contribution in [2.45, 2.75) is 31.6 Å². The quantitative estimate of drug-likeness (QED) is 0.669. The van der Waals surface area contributed by atoms with Gasteiger partial charge < -0.3 is 9.66 Å². The van der Waals surface area contributed by atoms with Gasteiger partial charge in [0.2, 0.25) is 0 Å². The molecule has 0 bridgehead atoms. The van der Waals surface area contributed by atoms with E-state index in [4.69, 9.17) is 13.0 Å². The van der Waals surface area contributed by atoms with Crippen LogP contribution in [0.1, 0.15) is 24.0 Å². The Morgan fingerprint density at radius 1 is 1.25 bits per heavy atom. The average Bonchev–Trinajstić information content (AvgIpc) is 2.89. The summed E-state index contributed by atoms with van der Waals surface area (Å²) >= 11 is 0. The molecule has 4 nitrogen and oxygen atoms in total. The largest absolute Gasteiger partial charge is 0.746 e. The van der Waals surface area contributed by atoms with Crippen LogP contribution in [0.5, 0.6) is 5.75 Å². The van der Waals surface area contributed by atoms with Crippen molar-refractivity contribution in [1.82, 2.24) is 0 Å². The highest BCUT2D eigenvalue weighted by Crippen LogP contribution is 2.29. The van der Waals surface area contributed by atoms with Crippen LogP contribution in [0.2, 0.25) is 0 Å². The first kappa shape index (κ1) is 17.3. The van der Waals surface area contributed by atoms with E-state index in [1.807, 2.05) is 13.8 Å². The van der Waals surface area contributed by atoms with Gasteiger partial charge in [-0.05, 0) is 49.9 Å². The average molecular weight is 322 g/mol. The van der Waals surface area contributed by atoms with Crippen molar-refractivity contribution in [2.75, 3.05) is 17.5 Å². The van der Waals surface area contributed by atoms with Crippen molar-refractivity contribution >= 4 is 21.0 Å². The van der Waals surface area contributed by atoms with Gasteiger partial charge in [0.15, 0.2) is 10.9 Å². The maximum absolute atomic E-state index is 10.6. The summed E-state index contributed by atoms with van der Waals surface area (Å²) in [4.78, 5) is 1.45. The first-order valence-corrected chi connectivity index (χ1v) is 9.36. The zero-order valence-electron chi connectivity index (χ0n) is 11.6. The Balaban J connectivity index is 0.000000286. The van der Waals surface area contributed by atoms with E-state index in [0.29, 0.717) is 16.6 Å². The lowest BCUT2D eigenvalue weighted by atomic mass is 10.1. The minimum Gasteiger partial charge on any atom is -0.746 e. The van der Waals surface area contributed by atoms with E-state index >= 15 is 0 Å². The lowest BCUT2D eigenvalue weighted by molar-refractivity contribution is 0.431. The van der Waals surface area contributed by atoms with Crippen LogP contribution < -0.4 is 0 Å². The molecule has 1 heterocycles. The number of phenolic OH excluding ortho intramolecular Hbond substituents is 1. The van der Waals surface area contributed by atoms with Gasteiger partial charge in [-0.15, -0.1) is 0 Å². The molecule has 1 aliphatic heterocycles. The monoisotopic (exact) mass is 322 g/mol. The van der Waals surface area contributed by atoms with Crippen LogP contribution in [0.3, 0.4) is 0 Å². The van der Waals surface area contributed by atoms with Crippen LogP contribution in [0.15, 0.2) is 17.0 Å². The van der Waals surface area contributed by atoms with Crippen molar-refractivity contribution in [3.8, 4) is 5.75 Å². The minimum absolute atomic E-state index is 0.469. The molecule has 0 spiro atoms. The van der Waals surface area contributed by atoms with Crippen LogP contribution in [0.25, 0.3) is 0 Å². The summed E-state index contributed by atoms with van der Waals surface area (Å²) in [6.45, 7) is 3.98. The first-order chi connectivity index (χ1) is 9.24. The summed E-state index contributed by atoms with van der Waals surface area (Å²) in [6, 6.07) is 2.51. The fourth-order valence-electron chi connectivity index (χ4n) is 1.97. The van der Waals surface area contributed by atoms with Gasteiger partial charge in [0.1, 0.15) is 27.4 Å². The second-order valence-corrected chi connectivity index (χ2v) is 8.29. The zero-order valence-corrected chi connectivity index (χ0v) is 13.2. The smallest absolute Gasteiger partial charge is 0.179 e. The Kier molecular flexibility index (Phi) is 6.29. The van der Waals surface area contributed by atoms with Crippen molar-refractivity contribution in [3.05, 3.63) is 23.3 Å². The SMILES string of the molecule is Cc1cc([S+]2CCCC2)cc(C)c1O.O=S(=O)([O-])CF. The van der Waals surface area contributed by atoms with Crippen LogP contribution in [-0.2, 0) is 21.0 Å². The molecule has 7 heteroatoms. The highest BCUT2D eigenvalue weighted by molar-refractivity contribution is 7.97. The van der Waals surface area contributed by atoms with Crippen LogP contribution in [0, 0.1) is 13.8 Å². The summed E-state index contributed by atoms with van der Waals surface area (Å²) in [5, 5.41) is 9.68. The van der Waals surface area contributed by atoms with Gasteiger partial charge in [0.05, 0.1) is 0 Å². The molecule has 1 saturated heterocycles. The molecule has 0 aliphatic carbocycles. The maximum Gasteiger partial charge on any atom is 0.179 e. The molecule has 0 saturated carbocycles. The molecular weight excluding hydrogens is 303 g/mol. The Bertz CT molecular complexity index is 528. The number of halogens is 1. The lowest BCUT2D eigenvalue weighted by Crippen LogP contribution is -2.04. The fraction of sp³-hybridized carbons (Fsp3) is 0.538. The van der Waals surface area contributed by atoms with Crippen LogP contribution >= 0.6 is 0 Å². The van der Waals surface area contributed by atoms with Gasteiger partial charge >= 0.3 is 0 Å². The fourth-order valence-corrected chi connectivity index (χ4v) is 4.44. The van der Waals surface area contributed by atoms with E-state index < -0.39 is 16.1 Å². The molecule has 1 aliphatic rings. The lowest BCUT2D eigenvalue weighted by Gasteiger charge is -2.06. The number of alkyl halides is 1. The van der Waals surface area contributed by atoms with Crippen LogP contribution in [0.4, 0.5) is 4.39 Å². The molecule has 0 aromatic heterocycles. The van der Waals surface area contributed by atoms with E-state index in [0.717, 1.165) is 11.1 Å². The van der Waals surface area contributed by atoms with Crippen LogP contribution in [-0.4, -0.2) is 35.6 Å². The first-order valence-electron chi connectivity index (χ1n) is 6.22. The third-order valence-corrected chi connectivity index (χ3v) is 5.70. The third kappa shape index (κ3) is 5.30. The summed E-state index contributed by atoms with van der Waals surface area (Å²) in [6.07, 6.45) is 2.75. The maximum atomic E-state index is 10.6. The Hall–Kier alpha value is -0.790. The number of rotatable bonds is 2. The van der Waals surface area contributed by atoms with Crippen molar-refractivity contribution < 1.29 is 22.5 Å². The van der Waals surface area contributed by atoms with E-state index in [2.05, 4.69) is 12.1 Å². The van der Waals surface area contributed by atoms with E-state index in [9.17, 15) is 9.50 Å². The summed E-state index contributed by atoms with van der Waals surface area (Å²) in [5.41, 5.74) is 2.05. The van der Waals surface area contributed by atoms with Gasteiger partial charge in [0, 0.05) is 10.9 Å². The topological polar surface area (TPSA) is 77.4 Å². The predicted molar refractivity (Wildman–Crippen MR) is 77.9 cm³/mol. The van der Waals surface area contributed by atoms with Gasteiger partial charge in [-0.25, -0.2) is 12.8 Å². The molecule has 1 fully saturated rings.